The number of ether oxygens (including phenoxy) is 1. The molecule has 0 aliphatic heterocycles. The van der Waals surface area contributed by atoms with Crippen molar-refractivity contribution in [3.8, 4) is 0 Å². The number of imidazole rings is 1. The number of halogens is 1. The van der Waals surface area contributed by atoms with Gasteiger partial charge in [0, 0.05) is 26.7 Å². The largest absolute Gasteiger partial charge is 0.385 e. The first-order valence-electron chi connectivity index (χ1n) is 7.20. The summed E-state index contributed by atoms with van der Waals surface area (Å²) in [7, 11) is 1.74. The molecule has 0 aliphatic rings. The van der Waals surface area contributed by atoms with Crippen molar-refractivity contribution in [1.82, 2.24) is 15.3 Å². The van der Waals surface area contributed by atoms with E-state index in [1.54, 1.807) is 7.11 Å². The normalized spacial score (nSPS) is 11.1. The summed E-state index contributed by atoms with van der Waals surface area (Å²) in [6.45, 7) is 4.80. The molecule has 0 aliphatic carbocycles. The minimum Gasteiger partial charge on any atom is -0.385 e. The molecule has 1 heterocycles. The molecule has 0 spiro atoms. The second-order valence-electron chi connectivity index (χ2n) is 4.79. The highest BCUT2D eigenvalue weighted by molar-refractivity contribution is 6.30. The van der Waals surface area contributed by atoms with Gasteiger partial charge >= 0.3 is 0 Å². The van der Waals surface area contributed by atoms with E-state index in [0.29, 0.717) is 5.15 Å². The van der Waals surface area contributed by atoms with Crippen molar-refractivity contribution in [2.45, 2.75) is 52.0 Å². The summed E-state index contributed by atoms with van der Waals surface area (Å²) in [6.07, 6.45) is 6.79. The molecule has 0 saturated carbocycles. The predicted molar refractivity (Wildman–Crippen MR) is 79.6 cm³/mol. The SMILES string of the molecule is CCCCc1nc(Cl)c(CNCCCCCOC)[nH]1. The summed E-state index contributed by atoms with van der Waals surface area (Å²) in [5.74, 6) is 1.00. The minimum absolute atomic E-state index is 0.609. The zero-order valence-corrected chi connectivity index (χ0v) is 12.9. The Kier molecular flexibility index (Phi) is 8.88. The van der Waals surface area contributed by atoms with Gasteiger partial charge in [0.15, 0.2) is 5.15 Å². The van der Waals surface area contributed by atoms with E-state index in [1.165, 1.54) is 12.8 Å². The molecule has 0 aromatic carbocycles. The van der Waals surface area contributed by atoms with E-state index < -0.39 is 0 Å². The Morgan fingerprint density at radius 1 is 1.26 bits per heavy atom. The maximum atomic E-state index is 6.11. The van der Waals surface area contributed by atoms with E-state index in [0.717, 1.165) is 56.9 Å². The fourth-order valence-corrected chi connectivity index (χ4v) is 2.12. The molecule has 0 fully saturated rings. The van der Waals surface area contributed by atoms with Crippen LogP contribution in [0.25, 0.3) is 0 Å². The fourth-order valence-electron chi connectivity index (χ4n) is 1.91. The zero-order chi connectivity index (χ0) is 13.9. The number of hydrogen-bond acceptors (Lipinski definition) is 3. The van der Waals surface area contributed by atoms with Gasteiger partial charge in [-0.15, -0.1) is 0 Å². The third-order valence-electron chi connectivity index (χ3n) is 3.05. The molecule has 1 aromatic rings. The average Bonchev–Trinajstić information content (AvgIpc) is 2.76. The molecule has 5 heteroatoms. The molecular formula is C14H26ClN3O. The number of H-pyrrole nitrogens is 1. The topological polar surface area (TPSA) is 49.9 Å². The molecule has 19 heavy (non-hydrogen) atoms. The van der Waals surface area contributed by atoms with Crippen molar-refractivity contribution in [3.05, 3.63) is 16.7 Å². The Labute approximate surface area is 121 Å². The van der Waals surface area contributed by atoms with Crippen LogP contribution in [0.1, 0.15) is 50.5 Å². The molecule has 1 aromatic heterocycles. The van der Waals surface area contributed by atoms with Gasteiger partial charge < -0.3 is 15.0 Å². The van der Waals surface area contributed by atoms with Crippen molar-refractivity contribution in [3.63, 3.8) is 0 Å². The molecule has 0 amide bonds. The lowest BCUT2D eigenvalue weighted by Gasteiger charge is -2.03. The van der Waals surface area contributed by atoms with E-state index in [4.69, 9.17) is 16.3 Å². The van der Waals surface area contributed by atoms with Crippen molar-refractivity contribution < 1.29 is 4.74 Å². The highest BCUT2D eigenvalue weighted by atomic mass is 35.5. The Balaban J connectivity index is 2.16. The number of aryl methyl sites for hydroxylation is 1. The lowest BCUT2D eigenvalue weighted by molar-refractivity contribution is 0.192. The second-order valence-corrected chi connectivity index (χ2v) is 5.14. The van der Waals surface area contributed by atoms with Crippen LogP contribution < -0.4 is 5.32 Å². The van der Waals surface area contributed by atoms with Crippen LogP contribution in [0.3, 0.4) is 0 Å². The fraction of sp³-hybridized carbons (Fsp3) is 0.786. The number of hydrogen-bond donors (Lipinski definition) is 2. The third-order valence-corrected chi connectivity index (χ3v) is 3.36. The maximum absolute atomic E-state index is 6.11. The first kappa shape index (κ1) is 16.5. The highest BCUT2D eigenvalue weighted by Crippen LogP contribution is 2.13. The Morgan fingerprint density at radius 3 is 2.84 bits per heavy atom. The van der Waals surface area contributed by atoms with Gasteiger partial charge in [-0.1, -0.05) is 24.9 Å². The molecule has 0 unspecified atom stereocenters. The standard InChI is InChI=1S/C14H26ClN3O/c1-3-4-8-13-17-12(14(15)18-13)11-16-9-6-5-7-10-19-2/h16H,3-11H2,1-2H3,(H,17,18). The summed E-state index contributed by atoms with van der Waals surface area (Å²) in [6, 6.07) is 0. The lowest BCUT2D eigenvalue weighted by Crippen LogP contribution is -2.15. The summed E-state index contributed by atoms with van der Waals surface area (Å²) in [5.41, 5.74) is 1.00. The Hall–Kier alpha value is -0.580. The number of aromatic amines is 1. The third kappa shape index (κ3) is 6.95. The minimum atomic E-state index is 0.609. The molecule has 110 valence electrons. The van der Waals surface area contributed by atoms with Crippen molar-refractivity contribution in [2.75, 3.05) is 20.3 Å². The van der Waals surface area contributed by atoms with Gasteiger partial charge in [-0.2, -0.15) is 0 Å². The molecule has 0 bridgehead atoms. The van der Waals surface area contributed by atoms with E-state index in [2.05, 4.69) is 22.2 Å². The second kappa shape index (κ2) is 10.2. The predicted octanol–water partition coefficient (Wildman–Crippen LogP) is 3.31. The molecule has 2 N–H and O–H groups in total. The van der Waals surface area contributed by atoms with Crippen molar-refractivity contribution >= 4 is 11.6 Å². The Bertz CT molecular complexity index is 341. The van der Waals surface area contributed by atoms with E-state index in [1.807, 2.05) is 0 Å². The number of aromatic nitrogens is 2. The lowest BCUT2D eigenvalue weighted by atomic mass is 10.2. The van der Waals surface area contributed by atoms with Gasteiger partial charge in [-0.25, -0.2) is 4.98 Å². The van der Waals surface area contributed by atoms with Crippen LogP contribution in [0.2, 0.25) is 5.15 Å². The van der Waals surface area contributed by atoms with Crippen LogP contribution >= 0.6 is 11.6 Å². The number of unbranched alkanes of at least 4 members (excludes halogenated alkanes) is 3. The molecule has 0 atom stereocenters. The summed E-state index contributed by atoms with van der Waals surface area (Å²) in [5, 5.41) is 4.00. The van der Waals surface area contributed by atoms with Crippen LogP contribution in [0.4, 0.5) is 0 Å². The first-order valence-corrected chi connectivity index (χ1v) is 7.58. The summed E-state index contributed by atoms with van der Waals surface area (Å²) < 4.78 is 5.02. The smallest absolute Gasteiger partial charge is 0.151 e. The van der Waals surface area contributed by atoms with Gasteiger partial charge in [-0.3, -0.25) is 0 Å². The number of nitrogens with zero attached hydrogens (tertiary/aromatic N) is 1. The van der Waals surface area contributed by atoms with Gasteiger partial charge in [-0.05, 0) is 32.2 Å². The maximum Gasteiger partial charge on any atom is 0.151 e. The van der Waals surface area contributed by atoms with E-state index in [9.17, 15) is 0 Å². The van der Waals surface area contributed by atoms with Gasteiger partial charge in [0.1, 0.15) is 5.82 Å². The quantitative estimate of drug-likeness (QED) is 0.614. The van der Waals surface area contributed by atoms with Crippen LogP contribution in [0.15, 0.2) is 0 Å². The average molecular weight is 288 g/mol. The molecule has 1 rings (SSSR count). The Morgan fingerprint density at radius 2 is 2.11 bits per heavy atom. The van der Waals surface area contributed by atoms with E-state index in [-0.39, 0.29) is 0 Å². The summed E-state index contributed by atoms with van der Waals surface area (Å²) in [4.78, 5) is 7.64. The molecule has 0 radical (unpaired) electrons. The van der Waals surface area contributed by atoms with Gasteiger partial charge in [0.05, 0.1) is 5.69 Å². The van der Waals surface area contributed by atoms with Crippen LogP contribution in [0.5, 0.6) is 0 Å². The highest BCUT2D eigenvalue weighted by Gasteiger charge is 2.07. The van der Waals surface area contributed by atoms with Crippen LogP contribution in [0, 0.1) is 0 Å². The number of nitrogens with one attached hydrogen (secondary N) is 2. The zero-order valence-electron chi connectivity index (χ0n) is 12.1. The molecular weight excluding hydrogens is 262 g/mol. The van der Waals surface area contributed by atoms with Crippen LogP contribution in [-0.2, 0) is 17.7 Å². The van der Waals surface area contributed by atoms with Crippen molar-refractivity contribution in [2.24, 2.45) is 0 Å². The molecule has 4 nitrogen and oxygen atoms in total. The van der Waals surface area contributed by atoms with Crippen molar-refractivity contribution in [1.29, 1.82) is 0 Å². The summed E-state index contributed by atoms with van der Waals surface area (Å²) >= 11 is 6.11. The van der Waals surface area contributed by atoms with E-state index >= 15 is 0 Å². The monoisotopic (exact) mass is 287 g/mol. The van der Waals surface area contributed by atoms with Gasteiger partial charge in [0.25, 0.3) is 0 Å². The number of rotatable bonds is 11. The van der Waals surface area contributed by atoms with Gasteiger partial charge in [0.2, 0.25) is 0 Å². The number of methoxy groups -OCH3 is 1. The molecule has 0 saturated heterocycles. The van der Waals surface area contributed by atoms with Crippen LogP contribution in [-0.4, -0.2) is 30.2 Å². The first-order chi connectivity index (χ1) is 9.27.